The van der Waals surface area contributed by atoms with Crippen LogP contribution in [-0.2, 0) is 11.0 Å². The van der Waals surface area contributed by atoms with Crippen molar-refractivity contribution in [2.45, 2.75) is 10.5 Å². The summed E-state index contributed by atoms with van der Waals surface area (Å²) >= 11 is 2.11. The van der Waals surface area contributed by atoms with Crippen molar-refractivity contribution in [3.63, 3.8) is 0 Å². The van der Waals surface area contributed by atoms with E-state index in [9.17, 15) is 22.8 Å². The molecule has 0 unspecified atom stereocenters. The molecule has 2 amide bonds. The highest BCUT2D eigenvalue weighted by Gasteiger charge is 2.31. The molecule has 1 aromatic heterocycles. The summed E-state index contributed by atoms with van der Waals surface area (Å²) in [6.45, 7) is 0.906. The largest absolute Gasteiger partial charge is 0.486 e. The van der Waals surface area contributed by atoms with E-state index in [0.717, 1.165) is 41.3 Å². The Morgan fingerprint density at radius 1 is 1.03 bits per heavy atom. The van der Waals surface area contributed by atoms with Gasteiger partial charge in [0.2, 0.25) is 11.0 Å². The Hall–Kier alpha value is -3.32. The van der Waals surface area contributed by atoms with Gasteiger partial charge in [0.05, 0.1) is 11.3 Å². The first-order valence-corrected chi connectivity index (χ1v) is 11.2. The third kappa shape index (κ3) is 5.93. The lowest BCUT2D eigenvalue weighted by atomic mass is 10.1. The summed E-state index contributed by atoms with van der Waals surface area (Å²) in [6, 6.07) is 9.14. The molecule has 0 spiro atoms. The molecule has 4 rings (SSSR count). The van der Waals surface area contributed by atoms with Gasteiger partial charge in [-0.15, -0.1) is 10.2 Å². The van der Waals surface area contributed by atoms with Crippen LogP contribution in [0.4, 0.5) is 24.0 Å². The first-order valence-electron chi connectivity index (χ1n) is 9.42. The molecule has 2 N–H and O–H groups in total. The molecule has 0 aliphatic carbocycles. The summed E-state index contributed by atoms with van der Waals surface area (Å²) in [4.78, 5) is 24.5. The van der Waals surface area contributed by atoms with E-state index in [2.05, 4.69) is 20.8 Å². The second-order valence-corrected chi connectivity index (χ2v) is 8.80. The van der Waals surface area contributed by atoms with Gasteiger partial charge in [-0.1, -0.05) is 29.2 Å². The van der Waals surface area contributed by atoms with Gasteiger partial charge in [0, 0.05) is 17.3 Å². The van der Waals surface area contributed by atoms with Gasteiger partial charge in [0.25, 0.3) is 5.91 Å². The summed E-state index contributed by atoms with van der Waals surface area (Å²) in [7, 11) is 0. The number of nitrogens with zero attached hydrogens (tertiary/aromatic N) is 2. The van der Waals surface area contributed by atoms with Gasteiger partial charge >= 0.3 is 6.18 Å². The van der Waals surface area contributed by atoms with Crippen LogP contribution in [0.25, 0.3) is 0 Å². The Morgan fingerprint density at radius 3 is 2.61 bits per heavy atom. The molecule has 172 valence electrons. The molecule has 13 heteroatoms. The minimum atomic E-state index is -4.55. The van der Waals surface area contributed by atoms with Crippen molar-refractivity contribution >= 4 is 45.7 Å². The highest BCUT2D eigenvalue weighted by molar-refractivity contribution is 8.01. The van der Waals surface area contributed by atoms with Crippen molar-refractivity contribution in [1.82, 2.24) is 10.2 Å². The number of anilines is 2. The quantitative estimate of drug-likeness (QED) is 0.387. The third-order valence-corrected chi connectivity index (χ3v) is 6.20. The van der Waals surface area contributed by atoms with E-state index in [-0.39, 0.29) is 22.4 Å². The van der Waals surface area contributed by atoms with E-state index in [1.54, 1.807) is 18.2 Å². The molecule has 0 atom stereocenters. The third-order valence-electron chi connectivity index (χ3n) is 4.23. The maximum atomic E-state index is 12.8. The zero-order valence-corrected chi connectivity index (χ0v) is 18.3. The number of thioether (sulfide) groups is 1. The molecule has 33 heavy (non-hydrogen) atoms. The van der Waals surface area contributed by atoms with Gasteiger partial charge in [-0.25, -0.2) is 0 Å². The first-order chi connectivity index (χ1) is 15.8. The smallest absolute Gasteiger partial charge is 0.416 e. The van der Waals surface area contributed by atoms with Gasteiger partial charge in [0.1, 0.15) is 13.2 Å². The highest BCUT2D eigenvalue weighted by atomic mass is 32.2. The van der Waals surface area contributed by atoms with Crippen molar-refractivity contribution in [2.24, 2.45) is 0 Å². The summed E-state index contributed by atoms with van der Waals surface area (Å²) in [5.41, 5.74) is -0.531. The van der Waals surface area contributed by atoms with E-state index in [4.69, 9.17) is 9.47 Å². The van der Waals surface area contributed by atoms with Crippen molar-refractivity contribution < 1.29 is 32.2 Å². The van der Waals surface area contributed by atoms with Crippen molar-refractivity contribution in [2.75, 3.05) is 29.6 Å². The molecule has 2 heterocycles. The topological polar surface area (TPSA) is 102 Å². The van der Waals surface area contributed by atoms with Gasteiger partial charge < -0.3 is 14.8 Å². The second-order valence-electron chi connectivity index (χ2n) is 6.60. The number of hydrogen-bond donors (Lipinski definition) is 2. The molecule has 1 aliphatic rings. The molecule has 8 nitrogen and oxygen atoms in total. The van der Waals surface area contributed by atoms with E-state index >= 15 is 0 Å². The van der Waals surface area contributed by atoms with Gasteiger partial charge in [0.15, 0.2) is 15.8 Å². The number of rotatable bonds is 6. The molecular weight excluding hydrogens is 481 g/mol. The van der Waals surface area contributed by atoms with E-state index in [1.807, 2.05) is 0 Å². The summed E-state index contributed by atoms with van der Waals surface area (Å²) in [5.74, 6) is 0.163. The maximum Gasteiger partial charge on any atom is 0.416 e. The molecular formula is C20H15F3N4O4S2. The Labute approximate surface area is 193 Å². The van der Waals surface area contributed by atoms with Crippen molar-refractivity contribution in [1.29, 1.82) is 0 Å². The number of fused-ring (bicyclic) bond motifs is 1. The fraction of sp³-hybridized carbons (Fsp3) is 0.200. The number of amides is 2. The number of carbonyl (C=O) groups is 2. The van der Waals surface area contributed by atoms with E-state index < -0.39 is 17.6 Å². The molecule has 1 aliphatic heterocycles. The number of aromatic nitrogens is 2. The van der Waals surface area contributed by atoms with E-state index in [1.165, 1.54) is 6.07 Å². The minimum absolute atomic E-state index is 0.0324. The molecule has 0 bridgehead atoms. The normalized spacial score (nSPS) is 12.8. The molecule has 3 aromatic rings. The zero-order chi connectivity index (χ0) is 23.4. The van der Waals surface area contributed by atoms with Crippen LogP contribution in [-0.4, -0.2) is 41.0 Å². The predicted octanol–water partition coefficient (Wildman–Crippen LogP) is 4.31. The number of ether oxygens (including phenoxy) is 2. The Balaban J connectivity index is 1.30. The molecule has 0 saturated carbocycles. The van der Waals surface area contributed by atoms with Gasteiger partial charge in [-0.3, -0.25) is 14.9 Å². The monoisotopic (exact) mass is 496 g/mol. The van der Waals surface area contributed by atoms with Gasteiger partial charge in [-0.05, 0) is 30.3 Å². The van der Waals surface area contributed by atoms with Crippen LogP contribution in [0.15, 0.2) is 46.8 Å². The van der Waals surface area contributed by atoms with Gasteiger partial charge in [-0.2, -0.15) is 13.2 Å². The van der Waals surface area contributed by atoms with Crippen LogP contribution in [0.3, 0.4) is 0 Å². The number of hydrogen-bond acceptors (Lipinski definition) is 8. The standard InChI is InChI=1S/C20H15F3N4O4S2/c21-20(22,23)12-3-1-2-11(8-12)17(29)25-18-26-27-19(33-18)32-10-16(28)24-13-4-5-14-15(9-13)31-7-6-30-14/h1-5,8-9H,6-7,10H2,(H,24,28)(H,25,26,29). The van der Waals surface area contributed by atoms with Crippen molar-refractivity contribution in [3.8, 4) is 11.5 Å². The second kappa shape index (κ2) is 9.67. The highest BCUT2D eigenvalue weighted by Crippen LogP contribution is 2.33. The summed E-state index contributed by atoms with van der Waals surface area (Å²) < 4.78 is 49.8. The van der Waals surface area contributed by atoms with Crippen molar-refractivity contribution in [3.05, 3.63) is 53.6 Å². The average Bonchev–Trinajstić information content (AvgIpc) is 3.24. The number of nitrogens with one attached hydrogen (secondary N) is 2. The lowest BCUT2D eigenvalue weighted by Gasteiger charge is -2.18. The lowest BCUT2D eigenvalue weighted by molar-refractivity contribution is -0.137. The fourth-order valence-electron chi connectivity index (χ4n) is 2.77. The van der Waals surface area contributed by atoms with E-state index in [0.29, 0.717) is 34.7 Å². The number of carbonyl (C=O) groups excluding carboxylic acids is 2. The minimum Gasteiger partial charge on any atom is -0.486 e. The SMILES string of the molecule is O=C(CSc1nnc(NC(=O)c2cccc(C(F)(F)F)c2)s1)Nc1ccc2c(c1)OCCO2. The number of benzene rings is 2. The number of alkyl halides is 3. The van der Waals surface area contributed by atoms with Crippen LogP contribution < -0.4 is 20.1 Å². The first kappa shape index (κ1) is 22.9. The Kier molecular flexibility index (Phi) is 6.70. The summed E-state index contributed by atoms with van der Waals surface area (Å²) in [6.07, 6.45) is -4.55. The van der Waals surface area contributed by atoms with Crippen LogP contribution in [0.5, 0.6) is 11.5 Å². The zero-order valence-electron chi connectivity index (χ0n) is 16.6. The average molecular weight is 496 g/mol. The molecule has 0 fully saturated rings. The number of halogens is 3. The van der Waals surface area contributed by atoms with Crippen LogP contribution in [0.2, 0.25) is 0 Å². The summed E-state index contributed by atoms with van der Waals surface area (Å²) in [5, 5.41) is 12.9. The van der Waals surface area contributed by atoms with Crippen LogP contribution in [0, 0.1) is 0 Å². The van der Waals surface area contributed by atoms with Crippen LogP contribution >= 0.6 is 23.1 Å². The fourth-order valence-corrected chi connectivity index (χ4v) is 4.32. The Morgan fingerprint density at radius 2 is 1.82 bits per heavy atom. The maximum absolute atomic E-state index is 12.8. The molecule has 2 aromatic carbocycles. The molecule has 0 saturated heterocycles. The van der Waals surface area contributed by atoms with Crippen LogP contribution in [0.1, 0.15) is 15.9 Å². The lowest BCUT2D eigenvalue weighted by Crippen LogP contribution is -2.17. The predicted molar refractivity (Wildman–Crippen MR) is 116 cm³/mol. The molecule has 0 radical (unpaired) electrons. The Bertz CT molecular complexity index is 1190.